The molecule has 0 aromatic rings. The number of amides is 6. The van der Waals surface area contributed by atoms with E-state index in [2.05, 4.69) is 80.5 Å². The molecule has 356 valence electrons. The Morgan fingerprint density at radius 2 is 0.778 bits per heavy atom. The summed E-state index contributed by atoms with van der Waals surface area (Å²) in [6.07, 6.45) is 3.73. The van der Waals surface area contributed by atoms with E-state index >= 15 is 0 Å². The molecule has 0 spiro atoms. The van der Waals surface area contributed by atoms with Crippen molar-refractivity contribution in [3.63, 3.8) is 0 Å². The van der Waals surface area contributed by atoms with Crippen LogP contribution in [0.4, 0.5) is 0 Å². The molecule has 63 heavy (non-hydrogen) atoms. The number of hydrogen-bond acceptors (Lipinski definition) is 9. The van der Waals surface area contributed by atoms with E-state index in [-0.39, 0.29) is 125 Å². The maximum absolute atomic E-state index is 11.5. The van der Waals surface area contributed by atoms with Crippen molar-refractivity contribution >= 4 is 47.9 Å². The van der Waals surface area contributed by atoms with Crippen LogP contribution in [0.2, 0.25) is 0 Å². The molecule has 1 aliphatic rings. The summed E-state index contributed by atoms with van der Waals surface area (Å²) >= 11 is 0. The Morgan fingerprint density at radius 1 is 0.540 bits per heavy atom. The molecule has 1 saturated carbocycles. The average molecular weight is 1040 g/mol. The van der Waals surface area contributed by atoms with Crippen LogP contribution in [0.5, 0.6) is 0 Å². The number of rotatable bonds is 5. The summed E-state index contributed by atoms with van der Waals surface area (Å²) in [6, 6.07) is 0. The van der Waals surface area contributed by atoms with Crippen LogP contribution in [0.3, 0.4) is 0 Å². The van der Waals surface area contributed by atoms with Gasteiger partial charge in [-0.1, -0.05) is 103 Å². The van der Waals surface area contributed by atoms with Gasteiger partial charge >= 0.3 is 5.97 Å². The van der Waals surface area contributed by atoms with Crippen LogP contribution in [0.1, 0.15) is 134 Å². The normalized spacial score (nSPS) is 11.8. The number of ether oxygens (including phenoxy) is 1. The largest absolute Gasteiger partial charge is 0.481 e. The average Bonchev–Trinajstić information content (AvgIpc) is 3.21. The first-order chi connectivity index (χ1) is 26.9. The van der Waals surface area contributed by atoms with Gasteiger partial charge in [-0.15, -0.1) is 6.42 Å². The van der Waals surface area contributed by atoms with Gasteiger partial charge in [0.1, 0.15) is 6.10 Å². The number of hydrogen-bond donors (Lipinski definition) is 3. The smallest absolute Gasteiger partial charge is 0.308 e. The number of carboxylic acids is 1. The van der Waals surface area contributed by atoms with Gasteiger partial charge < -0.3 is 20.5 Å². The maximum atomic E-state index is 11.5. The fraction of sp³-hybridized carbons (Fsp3) is 0.574. The zero-order valence-corrected chi connectivity index (χ0v) is 44.3. The minimum Gasteiger partial charge on any atom is -0.481 e. The zero-order valence-electron chi connectivity index (χ0n) is 38.6. The van der Waals surface area contributed by atoms with Crippen molar-refractivity contribution < 1.29 is 114 Å². The molecule has 0 bridgehead atoms. The summed E-state index contributed by atoms with van der Waals surface area (Å²) in [4.78, 5) is 87.8. The van der Waals surface area contributed by atoms with Crippen LogP contribution in [0, 0.1) is 89.3 Å². The molecule has 0 heterocycles. The summed E-state index contributed by atoms with van der Waals surface area (Å²) in [7, 11) is 5.58. The molecule has 6 amide bonds. The Bertz CT molecular complexity index is 1460. The molecule has 0 aliphatic heterocycles. The van der Waals surface area contributed by atoms with Gasteiger partial charge in [0.15, 0.2) is 0 Å². The minimum atomic E-state index is -1.28. The van der Waals surface area contributed by atoms with Crippen LogP contribution >= 0.6 is 0 Å². The van der Waals surface area contributed by atoms with Crippen molar-refractivity contribution in [1.82, 2.24) is 20.4 Å². The van der Waals surface area contributed by atoms with Gasteiger partial charge in [0.25, 0.3) is 6.47 Å². The van der Waals surface area contributed by atoms with E-state index in [0.29, 0.717) is 0 Å². The number of aliphatic carboxylic acids is 1. The third-order valence-electron chi connectivity index (χ3n) is 5.73. The number of carbonyl (C=O) groups is 8. The van der Waals surface area contributed by atoms with Crippen molar-refractivity contribution in [1.29, 1.82) is 0 Å². The van der Waals surface area contributed by atoms with E-state index < -0.39 is 41.6 Å². The van der Waals surface area contributed by atoms with Gasteiger partial charge in [-0.25, -0.2) is 0 Å². The molecule has 0 aromatic carbocycles. The Labute approximate surface area is 435 Å². The molecule has 0 aromatic heterocycles. The van der Waals surface area contributed by atoms with E-state index in [0.717, 1.165) is 9.80 Å². The SMILES string of the molecule is C.C.C.C.C#CC#CC#CC.CC.CC.CC.CC.CC#CC#CC#CC.CC(=O)N(C)C(C)=O.CC(=O)N(C)C(C)=O.CNC(=O)C1C(OC=O)C(C(=O)NC)C1C(=O)O.[Y].[Y]. The molecule has 2 atom stereocenters. The molecule has 3 N–H and O–H groups in total. The van der Waals surface area contributed by atoms with Crippen molar-refractivity contribution in [2.75, 3.05) is 28.2 Å². The van der Waals surface area contributed by atoms with Gasteiger partial charge in [0.2, 0.25) is 35.4 Å². The Hall–Kier alpha value is -4.27. The van der Waals surface area contributed by atoms with Crippen molar-refractivity contribution in [3.05, 3.63) is 0 Å². The second kappa shape index (κ2) is 75.1. The van der Waals surface area contributed by atoms with E-state index in [1.807, 2.05) is 55.4 Å². The third-order valence-corrected chi connectivity index (χ3v) is 5.73. The summed E-state index contributed by atoms with van der Waals surface area (Å²) in [5.74, 6) is 20.9. The summed E-state index contributed by atoms with van der Waals surface area (Å²) < 4.78 is 4.66. The second-order valence-electron chi connectivity index (χ2n) is 8.80. The van der Waals surface area contributed by atoms with Gasteiger partial charge in [0, 0.05) is 121 Å². The molecule has 16 heteroatoms. The van der Waals surface area contributed by atoms with E-state index in [9.17, 15) is 38.4 Å². The topological polar surface area (TPSA) is 197 Å². The van der Waals surface area contributed by atoms with Crippen molar-refractivity contribution in [3.8, 4) is 71.5 Å². The van der Waals surface area contributed by atoms with Crippen LogP contribution in [-0.2, 0) is 109 Å². The minimum absolute atomic E-state index is 0. The van der Waals surface area contributed by atoms with Crippen LogP contribution < -0.4 is 10.6 Å². The Balaban J connectivity index is -0.0000000390. The number of nitrogens with one attached hydrogen (secondary N) is 2. The quantitative estimate of drug-likeness (QED) is 0.207. The molecule has 14 nitrogen and oxygen atoms in total. The molecular weight excluding hydrogens is 958 g/mol. The molecule has 1 aliphatic carbocycles. The molecule has 1 fully saturated rings. The Kier molecular flexibility index (Phi) is 117. The molecule has 1 rings (SSSR count). The van der Waals surface area contributed by atoms with E-state index in [4.69, 9.17) is 11.5 Å². The standard InChI is InChI=1S/C10H14N2O6.C8H6.C7H4.2C5H9NO2.4C2H6.4CH4.2Y/c1-11-8(14)5-4(10(16)17)6(9(15)12-2)7(5)18-3-13;1-3-5-7-8-6-4-2;1-3-5-7-6-4-2;2*1-4(7)6(3)5(2)8;4*1-2;;;;;;/h3-7H,1-2H3,(H,11,14)(H,12,15)(H,16,17);1-2H3;1H,2H3;2*1-3H3;4*1-2H3;4*1H4;;. The second-order valence-corrected chi connectivity index (χ2v) is 8.80. The monoisotopic (exact) mass is 1040 g/mol. The summed E-state index contributed by atoms with van der Waals surface area (Å²) in [5.41, 5.74) is 0. The predicted octanol–water partition coefficient (Wildman–Crippen LogP) is 6.32. The number of carbonyl (C=O) groups excluding carboxylic acids is 7. The Morgan fingerprint density at radius 3 is 0.921 bits per heavy atom. The first-order valence-electron chi connectivity index (χ1n) is 17.9. The number of carboxylic acid groups (broad SMARTS) is 1. The van der Waals surface area contributed by atoms with E-state index in [1.54, 1.807) is 20.8 Å². The number of nitrogens with zero attached hydrogens (tertiary/aromatic N) is 2. The number of imide groups is 2. The molecule has 2 unspecified atom stereocenters. The van der Waals surface area contributed by atoms with Crippen LogP contribution in [0.25, 0.3) is 0 Å². The molecule has 0 saturated heterocycles. The third kappa shape index (κ3) is 57.7. The fourth-order valence-electron chi connectivity index (χ4n) is 2.97. The van der Waals surface area contributed by atoms with Gasteiger partial charge in [-0.2, -0.15) is 0 Å². The summed E-state index contributed by atoms with van der Waals surface area (Å²) in [6.45, 7) is 26.7. The van der Waals surface area contributed by atoms with Gasteiger partial charge in [-0.3, -0.25) is 48.2 Å². The van der Waals surface area contributed by atoms with Crippen LogP contribution in [-0.4, -0.2) is 97.1 Å². The first kappa shape index (κ1) is 97.8. The number of terminal acetylenes is 1. The maximum Gasteiger partial charge on any atom is 0.308 e. The predicted molar refractivity (Wildman–Crippen MR) is 252 cm³/mol. The summed E-state index contributed by atoms with van der Waals surface area (Å²) in [5, 5.41) is 13.6. The molecule has 2 radical (unpaired) electrons. The fourth-order valence-corrected chi connectivity index (χ4v) is 2.97. The van der Waals surface area contributed by atoms with Gasteiger partial charge in [0.05, 0.1) is 17.8 Å². The van der Waals surface area contributed by atoms with Gasteiger partial charge in [-0.05, 0) is 68.1 Å². The zero-order chi connectivity index (χ0) is 47.1. The van der Waals surface area contributed by atoms with Crippen molar-refractivity contribution in [2.45, 2.75) is 140 Å². The van der Waals surface area contributed by atoms with Crippen molar-refractivity contribution in [2.24, 2.45) is 17.8 Å². The molecular formula is C47H82N4O10Y2. The van der Waals surface area contributed by atoms with E-state index in [1.165, 1.54) is 55.9 Å². The first-order valence-corrected chi connectivity index (χ1v) is 17.9. The van der Waals surface area contributed by atoms with Crippen LogP contribution in [0.15, 0.2) is 0 Å².